The molecular weight excluding hydrogens is 593 g/mol. The van der Waals surface area contributed by atoms with Crippen molar-refractivity contribution in [3.8, 4) is 0 Å². The summed E-state index contributed by atoms with van der Waals surface area (Å²) in [7, 11) is -2.67. The summed E-state index contributed by atoms with van der Waals surface area (Å²) in [6.07, 6.45) is 0.185. The van der Waals surface area contributed by atoms with E-state index in [4.69, 9.17) is 23.2 Å². The first-order valence-electron chi connectivity index (χ1n) is 13.2. The normalized spacial score (nSPS) is 11.9. The van der Waals surface area contributed by atoms with Crippen LogP contribution in [0.15, 0.2) is 108 Å². The summed E-state index contributed by atoms with van der Waals surface area (Å²) in [4.78, 5) is 29.0. The molecule has 4 aromatic rings. The van der Waals surface area contributed by atoms with Gasteiger partial charge in [-0.1, -0.05) is 95.5 Å². The van der Waals surface area contributed by atoms with Gasteiger partial charge < -0.3 is 10.2 Å². The summed E-state index contributed by atoms with van der Waals surface area (Å²) in [5.41, 5.74) is 2.51. The lowest BCUT2D eigenvalue weighted by Gasteiger charge is -2.34. The Morgan fingerprint density at radius 1 is 0.810 bits per heavy atom. The lowest BCUT2D eigenvalue weighted by atomic mass is 10.0. The molecule has 0 radical (unpaired) electrons. The smallest absolute Gasteiger partial charge is 0.264 e. The maximum absolute atomic E-state index is 14.3. The van der Waals surface area contributed by atoms with Crippen molar-refractivity contribution in [2.75, 3.05) is 17.9 Å². The Kier molecular flexibility index (Phi) is 10.3. The third-order valence-corrected chi connectivity index (χ3v) is 9.34. The van der Waals surface area contributed by atoms with Gasteiger partial charge in [0.25, 0.3) is 10.0 Å². The lowest BCUT2D eigenvalue weighted by molar-refractivity contribution is -0.139. The number of carbonyl (C=O) groups is 2. The van der Waals surface area contributed by atoms with Gasteiger partial charge in [-0.05, 0) is 48.9 Å². The van der Waals surface area contributed by atoms with Crippen LogP contribution in [-0.2, 0) is 32.6 Å². The van der Waals surface area contributed by atoms with E-state index >= 15 is 0 Å². The van der Waals surface area contributed by atoms with Gasteiger partial charge in [-0.25, -0.2) is 8.42 Å². The van der Waals surface area contributed by atoms with E-state index in [1.807, 2.05) is 37.3 Å². The van der Waals surface area contributed by atoms with Gasteiger partial charge in [0.05, 0.1) is 10.6 Å². The van der Waals surface area contributed by atoms with Crippen LogP contribution >= 0.6 is 23.2 Å². The van der Waals surface area contributed by atoms with Crippen LogP contribution in [-0.4, -0.2) is 44.8 Å². The quantitative estimate of drug-likeness (QED) is 0.226. The van der Waals surface area contributed by atoms with E-state index in [0.717, 1.165) is 15.4 Å². The van der Waals surface area contributed by atoms with Crippen LogP contribution in [0.3, 0.4) is 0 Å². The molecule has 0 saturated carbocycles. The zero-order valence-corrected chi connectivity index (χ0v) is 25.5. The van der Waals surface area contributed by atoms with Crippen LogP contribution < -0.4 is 9.62 Å². The number of hydrogen-bond acceptors (Lipinski definition) is 4. The van der Waals surface area contributed by atoms with Crippen LogP contribution in [0.1, 0.15) is 16.7 Å². The number of anilines is 1. The van der Waals surface area contributed by atoms with E-state index in [-0.39, 0.29) is 17.9 Å². The highest BCUT2D eigenvalue weighted by Gasteiger charge is 2.34. The molecule has 0 aliphatic carbocycles. The van der Waals surface area contributed by atoms with E-state index in [2.05, 4.69) is 5.32 Å². The predicted molar refractivity (Wildman–Crippen MR) is 167 cm³/mol. The molecular formula is C32H31Cl2N3O4S. The molecule has 4 aromatic carbocycles. The molecule has 0 bridgehead atoms. The maximum Gasteiger partial charge on any atom is 0.264 e. The molecule has 1 atom stereocenters. The zero-order chi connectivity index (χ0) is 30.3. The van der Waals surface area contributed by atoms with Crippen molar-refractivity contribution in [2.45, 2.75) is 30.8 Å². The molecule has 0 aliphatic heterocycles. The van der Waals surface area contributed by atoms with Gasteiger partial charge in [-0.3, -0.25) is 13.9 Å². The molecule has 2 amide bonds. The Bertz CT molecular complexity index is 1610. The van der Waals surface area contributed by atoms with Gasteiger partial charge in [0.15, 0.2) is 0 Å². The van der Waals surface area contributed by atoms with Crippen molar-refractivity contribution >= 4 is 50.7 Å². The van der Waals surface area contributed by atoms with Crippen molar-refractivity contribution in [2.24, 2.45) is 0 Å². The first kappa shape index (κ1) is 31.1. The van der Waals surface area contributed by atoms with E-state index in [1.54, 1.807) is 60.7 Å². The van der Waals surface area contributed by atoms with Crippen molar-refractivity contribution in [3.63, 3.8) is 0 Å². The monoisotopic (exact) mass is 623 g/mol. The van der Waals surface area contributed by atoms with Crippen LogP contribution in [0.25, 0.3) is 0 Å². The number of nitrogens with zero attached hydrogens (tertiary/aromatic N) is 2. The Morgan fingerprint density at radius 3 is 1.95 bits per heavy atom. The number of halogens is 2. The number of hydrogen-bond donors (Lipinski definition) is 1. The Morgan fingerprint density at radius 2 is 1.38 bits per heavy atom. The fourth-order valence-electron chi connectivity index (χ4n) is 4.53. The number of rotatable bonds is 11. The second kappa shape index (κ2) is 13.9. The first-order chi connectivity index (χ1) is 20.1. The highest BCUT2D eigenvalue weighted by molar-refractivity contribution is 7.92. The lowest BCUT2D eigenvalue weighted by Crippen LogP contribution is -2.53. The Hall–Kier alpha value is -3.85. The van der Waals surface area contributed by atoms with E-state index < -0.39 is 34.4 Å². The Labute approximate surface area is 256 Å². The zero-order valence-electron chi connectivity index (χ0n) is 23.2. The van der Waals surface area contributed by atoms with Crippen molar-refractivity contribution in [1.29, 1.82) is 0 Å². The van der Waals surface area contributed by atoms with Gasteiger partial charge >= 0.3 is 0 Å². The molecule has 0 aliphatic rings. The minimum Gasteiger partial charge on any atom is -0.357 e. The highest BCUT2D eigenvalue weighted by atomic mass is 35.5. The molecule has 10 heteroatoms. The molecule has 0 unspecified atom stereocenters. The van der Waals surface area contributed by atoms with Gasteiger partial charge in [0.1, 0.15) is 12.6 Å². The highest BCUT2D eigenvalue weighted by Crippen LogP contribution is 2.29. The summed E-state index contributed by atoms with van der Waals surface area (Å²) in [5, 5.41) is 3.30. The number of nitrogens with one attached hydrogen (secondary N) is 1. The van der Waals surface area contributed by atoms with E-state index in [1.165, 1.54) is 24.1 Å². The number of aryl methyl sites for hydroxylation is 1. The van der Waals surface area contributed by atoms with Crippen LogP contribution in [0, 0.1) is 6.92 Å². The SMILES string of the molecule is CNC(=O)[C@H](Cc1ccccc1)N(Cc1c(Cl)cccc1Cl)C(=O)CN(c1ccc(C)cc1)S(=O)(=O)c1ccccc1. The van der Waals surface area contributed by atoms with Gasteiger partial charge in [-0.15, -0.1) is 0 Å². The second-order valence-electron chi connectivity index (χ2n) is 9.70. The predicted octanol–water partition coefficient (Wildman–Crippen LogP) is 5.88. The third kappa shape index (κ3) is 7.31. The Balaban J connectivity index is 1.81. The number of likely N-dealkylation sites (N-methyl/N-ethyl adjacent to an activating group) is 1. The minimum absolute atomic E-state index is 0.0335. The number of carbonyl (C=O) groups excluding carboxylic acids is 2. The molecule has 0 saturated heterocycles. The summed E-state index contributed by atoms with van der Waals surface area (Å²) < 4.78 is 28.9. The van der Waals surface area contributed by atoms with Gasteiger partial charge in [0, 0.05) is 35.6 Å². The molecule has 1 N–H and O–H groups in total. The van der Waals surface area contributed by atoms with E-state index in [9.17, 15) is 18.0 Å². The largest absolute Gasteiger partial charge is 0.357 e. The fourth-order valence-corrected chi connectivity index (χ4v) is 6.49. The van der Waals surface area contributed by atoms with Crippen LogP contribution in [0.4, 0.5) is 5.69 Å². The maximum atomic E-state index is 14.3. The first-order valence-corrected chi connectivity index (χ1v) is 15.4. The number of sulfonamides is 1. The van der Waals surface area contributed by atoms with Crippen LogP contribution in [0.2, 0.25) is 10.0 Å². The molecule has 7 nitrogen and oxygen atoms in total. The summed E-state index contributed by atoms with van der Waals surface area (Å²) in [6.45, 7) is 1.21. The number of benzene rings is 4. The molecule has 218 valence electrons. The van der Waals surface area contributed by atoms with Gasteiger partial charge in [-0.2, -0.15) is 0 Å². The van der Waals surface area contributed by atoms with Crippen LogP contribution in [0.5, 0.6) is 0 Å². The van der Waals surface area contributed by atoms with Crippen molar-refractivity contribution in [1.82, 2.24) is 10.2 Å². The van der Waals surface area contributed by atoms with Crippen molar-refractivity contribution in [3.05, 3.63) is 130 Å². The fraction of sp³-hybridized carbons (Fsp3) is 0.188. The number of amides is 2. The molecule has 0 aromatic heterocycles. The topological polar surface area (TPSA) is 86.8 Å². The van der Waals surface area contributed by atoms with Gasteiger partial charge in [0.2, 0.25) is 11.8 Å². The van der Waals surface area contributed by atoms with Crippen molar-refractivity contribution < 1.29 is 18.0 Å². The summed E-state index contributed by atoms with van der Waals surface area (Å²) in [5.74, 6) is -1.02. The molecule has 0 spiro atoms. The molecule has 0 heterocycles. The average Bonchev–Trinajstić information content (AvgIpc) is 3.00. The molecule has 4 rings (SSSR count). The third-order valence-electron chi connectivity index (χ3n) is 6.84. The van der Waals surface area contributed by atoms with E-state index in [0.29, 0.717) is 21.3 Å². The standard InChI is InChI=1S/C32H31Cl2N3O4S/c1-23-16-18-25(19-17-23)37(42(40,41)26-12-7-4-8-13-26)22-31(38)36(21-27-28(33)14-9-15-29(27)34)30(32(39)35-2)20-24-10-5-3-6-11-24/h3-19,30H,20-22H2,1-2H3,(H,35,39)/t30-/m0/s1. The molecule has 0 fully saturated rings. The summed E-state index contributed by atoms with van der Waals surface area (Å²) in [6, 6.07) is 28.0. The molecule has 42 heavy (non-hydrogen) atoms. The average molecular weight is 625 g/mol. The second-order valence-corrected chi connectivity index (χ2v) is 12.4. The summed E-state index contributed by atoms with van der Waals surface area (Å²) >= 11 is 13.0. The minimum atomic E-state index is -4.16.